The number of rotatable bonds is 9. The van der Waals surface area contributed by atoms with Gasteiger partial charge in [0.25, 0.3) is 5.91 Å². The number of hydrogen-bond donors (Lipinski definition) is 1. The summed E-state index contributed by atoms with van der Waals surface area (Å²) in [6, 6.07) is 9.88. The molecule has 0 spiro atoms. The fourth-order valence-electron chi connectivity index (χ4n) is 4.23. The fraction of sp³-hybridized carbons (Fsp3) is 0.462. The molecule has 2 aromatic carbocycles. The second-order valence-electron chi connectivity index (χ2n) is 8.72. The summed E-state index contributed by atoms with van der Waals surface area (Å²) < 4.78 is 5.76. The van der Waals surface area contributed by atoms with Crippen molar-refractivity contribution in [3.8, 4) is 5.75 Å². The molecular weight excluding hydrogens is 495 g/mol. The van der Waals surface area contributed by atoms with Crippen molar-refractivity contribution in [3.05, 3.63) is 62.6 Å². The van der Waals surface area contributed by atoms with Crippen LogP contribution in [-0.2, 0) is 16.1 Å². The van der Waals surface area contributed by atoms with Gasteiger partial charge in [-0.25, -0.2) is 0 Å². The largest absolute Gasteiger partial charge is 0.484 e. The number of benzene rings is 2. The maximum Gasteiger partial charge on any atom is 0.261 e. The van der Waals surface area contributed by atoms with Crippen molar-refractivity contribution < 1.29 is 14.3 Å². The smallest absolute Gasteiger partial charge is 0.261 e. The van der Waals surface area contributed by atoms with Crippen molar-refractivity contribution in [3.63, 3.8) is 0 Å². The van der Waals surface area contributed by atoms with Crippen molar-refractivity contribution >= 4 is 46.6 Å². The molecule has 34 heavy (non-hydrogen) atoms. The Kier molecular flexibility index (Phi) is 9.93. The zero-order valence-electron chi connectivity index (χ0n) is 19.6. The molecule has 1 saturated carbocycles. The number of halogens is 3. The first kappa shape index (κ1) is 26.7. The monoisotopic (exact) mass is 524 g/mol. The summed E-state index contributed by atoms with van der Waals surface area (Å²) in [6.45, 7) is 3.74. The van der Waals surface area contributed by atoms with Crippen LogP contribution in [0.3, 0.4) is 0 Å². The Morgan fingerprint density at radius 2 is 1.79 bits per heavy atom. The van der Waals surface area contributed by atoms with Crippen LogP contribution in [0.25, 0.3) is 0 Å². The molecule has 1 atom stereocenters. The summed E-state index contributed by atoms with van der Waals surface area (Å²) in [5, 5.41) is 4.74. The molecule has 0 heterocycles. The van der Waals surface area contributed by atoms with Crippen molar-refractivity contribution in [1.29, 1.82) is 0 Å². The third kappa shape index (κ3) is 7.27. The Labute approximate surface area is 216 Å². The number of hydrogen-bond acceptors (Lipinski definition) is 3. The first-order valence-corrected chi connectivity index (χ1v) is 12.8. The summed E-state index contributed by atoms with van der Waals surface area (Å²) in [5.74, 6) is 0.0962. The van der Waals surface area contributed by atoms with E-state index in [-0.39, 0.29) is 31.0 Å². The van der Waals surface area contributed by atoms with Crippen LogP contribution in [0, 0.1) is 6.92 Å². The van der Waals surface area contributed by atoms with E-state index in [4.69, 9.17) is 39.5 Å². The molecule has 0 saturated heterocycles. The van der Waals surface area contributed by atoms with Gasteiger partial charge < -0.3 is 15.0 Å². The van der Waals surface area contributed by atoms with Gasteiger partial charge in [0.15, 0.2) is 6.61 Å². The summed E-state index contributed by atoms with van der Waals surface area (Å²) in [6.07, 6.45) is 5.83. The Hall–Kier alpha value is -1.95. The topological polar surface area (TPSA) is 58.6 Å². The Morgan fingerprint density at radius 1 is 1.06 bits per heavy atom. The summed E-state index contributed by atoms with van der Waals surface area (Å²) in [5.41, 5.74) is 1.57. The number of nitrogens with one attached hydrogen (secondary N) is 1. The van der Waals surface area contributed by atoms with Crippen LogP contribution in [0.2, 0.25) is 15.1 Å². The van der Waals surface area contributed by atoms with Gasteiger partial charge >= 0.3 is 0 Å². The molecule has 0 aliphatic heterocycles. The van der Waals surface area contributed by atoms with E-state index in [2.05, 4.69) is 5.32 Å². The van der Waals surface area contributed by atoms with Gasteiger partial charge in [-0.15, -0.1) is 0 Å². The minimum absolute atomic E-state index is 0.143. The molecule has 1 N–H and O–H groups in total. The molecule has 8 heteroatoms. The van der Waals surface area contributed by atoms with Crippen LogP contribution >= 0.6 is 34.8 Å². The van der Waals surface area contributed by atoms with Gasteiger partial charge in [-0.3, -0.25) is 9.59 Å². The van der Waals surface area contributed by atoms with Gasteiger partial charge in [0.1, 0.15) is 11.8 Å². The third-order valence-corrected chi connectivity index (χ3v) is 7.20. The Balaban J connectivity index is 1.79. The van der Waals surface area contributed by atoms with Gasteiger partial charge in [-0.1, -0.05) is 67.1 Å². The molecule has 0 unspecified atom stereocenters. The number of aryl methyl sites for hydroxylation is 1. The van der Waals surface area contributed by atoms with Crippen LogP contribution < -0.4 is 10.1 Å². The molecule has 0 aromatic heterocycles. The van der Waals surface area contributed by atoms with E-state index in [1.165, 1.54) is 6.42 Å². The van der Waals surface area contributed by atoms with E-state index in [9.17, 15) is 9.59 Å². The number of carbonyl (C=O) groups is 2. The van der Waals surface area contributed by atoms with Crippen LogP contribution in [0.1, 0.15) is 56.6 Å². The van der Waals surface area contributed by atoms with Gasteiger partial charge in [-0.2, -0.15) is 0 Å². The normalized spacial score (nSPS) is 15.0. The van der Waals surface area contributed by atoms with Crippen molar-refractivity contribution in [1.82, 2.24) is 10.2 Å². The average molecular weight is 526 g/mol. The van der Waals surface area contributed by atoms with Crippen LogP contribution in [0.15, 0.2) is 36.4 Å². The molecule has 1 fully saturated rings. The van der Waals surface area contributed by atoms with Crippen molar-refractivity contribution in [2.24, 2.45) is 0 Å². The van der Waals surface area contributed by atoms with Gasteiger partial charge in [-0.05, 0) is 67.6 Å². The molecule has 1 aliphatic carbocycles. The Morgan fingerprint density at radius 3 is 2.44 bits per heavy atom. The van der Waals surface area contributed by atoms with Gasteiger partial charge in [0.2, 0.25) is 5.91 Å². The van der Waals surface area contributed by atoms with Crippen LogP contribution in [-0.4, -0.2) is 35.4 Å². The van der Waals surface area contributed by atoms with E-state index in [0.29, 0.717) is 32.8 Å². The first-order valence-electron chi connectivity index (χ1n) is 11.7. The second-order valence-corrected chi connectivity index (χ2v) is 9.98. The lowest BCUT2D eigenvalue weighted by Crippen LogP contribution is -2.52. The number of ether oxygens (including phenoxy) is 1. The average Bonchev–Trinajstić information content (AvgIpc) is 2.81. The molecule has 0 radical (unpaired) electrons. The number of amides is 2. The molecular formula is C26H31Cl3N2O3. The lowest BCUT2D eigenvalue weighted by atomic mass is 9.95. The fourth-order valence-corrected chi connectivity index (χ4v) is 4.82. The highest BCUT2D eigenvalue weighted by molar-refractivity contribution is 6.35. The molecule has 2 amide bonds. The molecule has 2 aromatic rings. The van der Waals surface area contributed by atoms with Crippen molar-refractivity contribution in [2.45, 2.75) is 71.0 Å². The highest BCUT2D eigenvalue weighted by Gasteiger charge is 2.31. The molecule has 0 bridgehead atoms. The summed E-state index contributed by atoms with van der Waals surface area (Å²) >= 11 is 18.5. The number of carbonyl (C=O) groups excluding carboxylic acids is 2. The molecule has 184 valence electrons. The van der Waals surface area contributed by atoms with E-state index in [1.807, 2.05) is 13.8 Å². The third-order valence-electron chi connectivity index (χ3n) is 6.18. The van der Waals surface area contributed by atoms with E-state index in [1.54, 1.807) is 41.3 Å². The summed E-state index contributed by atoms with van der Waals surface area (Å²) in [4.78, 5) is 28.2. The number of nitrogens with zero attached hydrogens (tertiary/aromatic N) is 1. The molecule has 1 aliphatic rings. The van der Waals surface area contributed by atoms with E-state index in [0.717, 1.165) is 31.2 Å². The Bertz CT molecular complexity index is 1010. The highest BCUT2D eigenvalue weighted by atomic mass is 35.5. The highest BCUT2D eigenvalue weighted by Crippen LogP contribution is 2.25. The van der Waals surface area contributed by atoms with Gasteiger partial charge in [0.05, 0.1) is 0 Å². The lowest BCUT2D eigenvalue weighted by molar-refractivity contribution is -0.143. The zero-order chi connectivity index (χ0) is 24.7. The predicted octanol–water partition coefficient (Wildman–Crippen LogP) is 6.59. The van der Waals surface area contributed by atoms with Gasteiger partial charge in [0, 0.05) is 27.7 Å². The van der Waals surface area contributed by atoms with Crippen molar-refractivity contribution in [2.75, 3.05) is 6.61 Å². The van der Waals surface area contributed by atoms with Crippen LogP contribution in [0.5, 0.6) is 5.75 Å². The SMILES string of the molecule is CC[C@H](C(=O)NC1CCCCC1)N(Cc1ccc(Cl)cc1Cl)C(=O)COc1ccc(Cl)c(C)c1. The van der Waals surface area contributed by atoms with E-state index < -0.39 is 6.04 Å². The minimum Gasteiger partial charge on any atom is -0.484 e. The lowest BCUT2D eigenvalue weighted by Gasteiger charge is -2.33. The predicted molar refractivity (Wildman–Crippen MR) is 138 cm³/mol. The standard InChI is InChI=1S/C26H31Cl3N2O3/c1-3-24(26(33)30-20-7-5-4-6-8-20)31(15-18-9-10-19(27)14-23(18)29)25(32)16-34-21-11-12-22(28)17(2)13-21/h9-14,20,24H,3-8,15-16H2,1-2H3,(H,30,33)/t24-/m1/s1. The quantitative estimate of drug-likeness (QED) is 0.402. The summed E-state index contributed by atoms with van der Waals surface area (Å²) in [7, 11) is 0. The van der Waals surface area contributed by atoms with E-state index >= 15 is 0 Å². The maximum absolute atomic E-state index is 13.4. The first-order chi connectivity index (χ1) is 16.3. The minimum atomic E-state index is -0.642. The zero-order valence-corrected chi connectivity index (χ0v) is 21.8. The maximum atomic E-state index is 13.4. The van der Waals surface area contributed by atoms with Crippen LogP contribution in [0.4, 0.5) is 0 Å². The second kappa shape index (κ2) is 12.7. The molecule has 5 nitrogen and oxygen atoms in total. The molecule has 3 rings (SSSR count).